The third-order valence-electron chi connectivity index (χ3n) is 4.25. The average Bonchev–Trinajstić information content (AvgIpc) is 2.95. The molecule has 1 saturated heterocycles. The highest BCUT2D eigenvalue weighted by molar-refractivity contribution is 14.0. The van der Waals surface area contributed by atoms with Crippen molar-refractivity contribution in [3.8, 4) is 5.75 Å². The summed E-state index contributed by atoms with van der Waals surface area (Å²) in [5.74, 6) is 1.02. The molecule has 1 aromatic rings. The lowest BCUT2D eigenvalue weighted by Crippen LogP contribution is -2.40. The van der Waals surface area contributed by atoms with Crippen LogP contribution in [-0.2, 0) is 16.4 Å². The fourth-order valence-corrected chi connectivity index (χ4v) is 4.73. The van der Waals surface area contributed by atoms with Gasteiger partial charge in [0.05, 0.1) is 18.1 Å². The van der Waals surface area contributed by atoms with E-state index in [1.54, 1.807) is 25.1 Å². The highest BCUT2D eigenvalue weighted by atomic mass is 127. The van der Waals surface area contributed by atoms with Gasteiger partial charge in [0.15, 0.2) is 22.4 Å². The van der Waals surface area contributed by atoms with Gasteiger partial charge < -0.3 is 15.4 Å². The molecule has 1 aliphatic heterocycles. The van der Waals surface area contributed by atoms with Crippen molar-refractivity contribution in [3.63, 3.8) is 0 Å². The van der Waals surface area contributed by atoms with Gasteiger partial charge in [0.1, 0.15) is 5.75 Å². The van der Waals surface area contributed by atoms with Crippen LogP contribution in [0.3, 0.4) is 0 Å². The number of rotatable bonds is 7. The van der Waals surface area contributed by atoms with Gasteiger partial charge in [-0.25, -0.2) is 13.4 Å². The molecule has 1 atom stereocenters. The summed E-state index contributed by atoms with van der Waals surface area (Å²) in [7, 11) is -2.95. The standard InChI is InChI=1S/C18H26F3N3O3S.HI/c1-3-22-17(23-9-14-6-7-28(25,26)11-14)24-10-15-5-4-13(2)8-16(15)27-12-18(19,20)21;/h4-5,8,14H,3,6-7,9-12H2,1-2H3,(H2,22,23,24);1H. The SMILES string of the molecule is CCNC(=NCc1ccc(C)cc1OCC(F)(F)F)NCC1CCS(=O)(=O)C1.I. The second-order valence-electron chi connectivity index (χ2n) is 6.86. The van der Waals surface area contributed by atoms with Crippen molar-refractivity contribution in [2.24, 2.45) is 10.9 Å². The summed E-state index contributed by atoms with van der Waals surface area (Å²) in [6.07, 6.45) is -3.80. The molecule has 1 fully saturated rings. The van der Waals surface area contributed by atoms with Gasteiger partial charge in [0.2, 0.25) is 0 Å². The summed E-state index contributed by atoms with van der Waals surface area (Å²) < 4.78 is 65.5. The molecule has 1 unspecified atom stereocenters. The molecule has 166 valence electrons. The molecular weight excluding hydrogens is 522 g/mol. The van der Waals surface area contributed by atoms with Crippen molar-refractivity contribution in [2.75, 3.05) is 31.2 Å². The molecule has 6 nitrogen and oxygen atoms in total. The first-order valence-electron chi connectivity index (χ1n) is 9.09. The van der Waals surface area contributed by atoms with Crippen LogP contribution in [0.15, 0.2) is 23.2 Å². The van der Waals surface area contributed by atoms with E-state index >= 15 is 0 Å². The maximum atomic E-state index is 12.5. The van der Waals surface area contributed by atoms with Crippen LogP contribution >= 0.6 is 24.0 Å². The second-order valence-corrected chi connectivity index (χ2v) is 9.09. The Labute approximate surface area is 186 Å². The normalized spacial score (nSPS) is 18.8. The Balaban J connectivity index is 0.00000420. The molecule has 0 spiro atoms. The number of hydrogen-bond acceptors (Lipinski definition) is 4. The summed E-state index contributed by atoms with van der Waals surface area (Å²) in [4.78, 5) is 4.40. The number of halogens is 4. The first-order chi connectivity index (χ1) is 13.1. The van der Waals surface area contributed by atoms with Crippen molar-refractivity contribution in [1.29, 1.82) is 0 Å². The number of guanidine groups is 1. The third kappa shape index (κ3) is 9.41. The van der Waals surface area contributed by atoms with Crippen molar-refractivity contribution in [3.05, 3.63) is 29.3 Å². The van der Waals surface area contributed by atoms with Gasteiger partial charge in [-0.3, -0.25) is 0 Å². The van der Waals surface area contributed by atoms with Gasteiger partial charge in [0, 0.05) is 18.7 Å². The Bertz CT molecular complexity index is 801. The maximum Gasteiger partial charge on any atom is 0.422 e. The van der Waals surface area contributed by atoms with E-state index in [0.717, 1.165) is 5.56 Å². The van der Waals surface area contributed by atoms with Gasteiger partial charge in [-0.05, 0) is 37.8 Å². The zero-order valence-corrected chi connectivity index (χ0v) is 19.5. The van der Waals surface area contributed by atoms with E-state index in [2.05, 4.69) is 15.6 Å². The number of ether oxygens (including phenoxy) is 1. The quantitative estimate of drug-likeness (QED) is 0.311. The Morgan fingerprint density at radius 2 is 2.03 bits per heavy atom. The predicted octanol–water partition coefficient (Wildman–Crippen LogP) is 3.04. The minimum atomic E-state index is -4.41. The Kier molecular flexibility index (Phi) is 9.99. The largest absolute Gasteiger partial charge is 0.484 e. The summed E-state index contributed by atoms with van der Waals surface area (Å²) in [5, 5.41) is 6.16. The van der Waals surface area contributed by atoms with Crippen LogP contribution in [-0.4, -0.2) is 51.8 Å². The van der Waals surface area contributed by atoms with E-state index in [9.17, 15) is 21.6 Å². The number of hydrogen-bond donors (Lipinski definition) is 2. The lowest BCUT2D eigenvalue weighted by Gasteiger charge is -2.16. The minimum Gasteiger partial charge on any atom is -0.484 e. The smallest absolute Gasteiger partial charge is 0.422 e. The number of benzene rings is 1. The van der Waals surface area contributed by atoms with Crippen LogP contribution < -0.4 is 15.4 Å². The van der Waals surface area contributed by atoms with Crippen molar-refractivity contribution >= 4 is 39.8 Å². The van der Waals surface area contributed by atoms with Gasteiger partial charge in [0.25, 0.3) is 0 Å². The van der Waals surface area contributed by atoms with Crippen molar-refractivity contribution in [1.82, 2.24) is 10.6 Å². The van der Waals surface area contributed by atoms with Crippen molar-refractivity contribution in [2.45, 2.75) is 33.0 Å². The fraction of sp³-hybridized carbons (Fsp3) is 0.611. The van der Waals surface area contributed by atoms with E-state index in [1.807, 2.05) is 6.92 Å². The second kappa shape index (κ2) is 11.2. The van der Waals surface area contributed by atoms with Gasteiger partial charge in [-0.2, -0.15) is 13.2 Å². The highest BCUT2D eigenvalue weighted by Crippen LogP contribution is 2.24. The highest BCUT2D eigenvalue weighted by Gasteiger charge is 2.29. The summed E-state index contributed by atoms with van der Waals surface area (Å²) in [6.45, 7) is 3.50. The minimum absolute atomic E-state index is 0. The molecule has 1 heterocycles. The van der Waals surface area contributed by atoms with Crippen molar-refractivity contribution < 1.29 is 26.3 Å². The van der Waals surface area contributed by atoms with Crippen LogP contribution in [0.4, 0.5) is 13.2 Å². The average molecular weight is 549 g/mol. The van der Waals surface area contributed by atoms with Crippen LogP contribution in [0.25, 0.3) is 0 Å². The number of aryl methyl sites for hydroxylation is 1. The number of alkyl halides is 3. The monoisotopic (exact) mass is 549 g/mol. The van der Waals surface area contributed by atoms with Crippen LogP contribution in [0, 0.1) is 12.8 Å². The molecule has 2 rings (SSSR count). The molecule has 0 saturated carbocycles. The predicted molar refractivity (Wildman–Crippen MR) is 118 cm³/mol. The van der Waals surface area contributed by atoms with E-state index in [1.165, 1.54) is 0 Å². The Hall–Kier alpha value is -1.24. The van der Waals surface area contributed by atoms with Crippen LogP contribution in [0.1, 0.15) is 24.5 Å². The fourth-order valence-electron chi connectivity index (χ4n) is 2.87. The zero-order chi connectivity index (χ0) is 20.8. The maximum absolute atomic E-state index is 12.5. The first kappa shape index (κ1) is 25.8. The molecular formula is C18H27F3IN3O3S. The molecule has 0 aromatic heterocycles. The number of nitrogens with zero attached hydrogens (tertiary/aromatic N) is 1. The van der Waals surface area contributed by atoms with E-state index < -0.39 is 22.6 Å². The van der Waals surface area contributed by atoms with Gasteiger partial charge in [-0.1, -0.05) is 12.1 Å². The zero-order valence-electron chi connectivity index (χ0n) is 16.4. The van der Waals surface area contributed by atoms with E-state index in [4.69, 9.17) is 4.74 Å². The molecule has 11 heteroatoms. The number of sulfone groups is 1. The number of aliphatic imine (C=N–C) groups is 1. The molecule has 1 aromatic carbocycles. The van der Waals surface area contributed by atoms with E-state index in [-0.39, 0.29) is 53.7 Å². The first-order valence-corrected chi connectivity index (χ1v) is 10.9. The van der Waals surface area contributed by atoms with Crippen LogP contribution in [0.2, 0.25) is 0 Å². The molecule has 0 aliphatic carbocycles. The summed E-state index contributed by atoms with van der Waals surface area (Å²) in [6, 6.07) is 5.03. The molecule has 29 heavy (non-hydrogen) atoms. The molecule has 1 aliphatic rings. The molecule has 0 amide bonds. The Morgan fingerprint density at radius 1 is 1.31 bits per heavy atom. The number of nitrogens with one attached hydrogen (secondary N) is 2. The third-order valence-corrected chi connectivity index (χ3v) is 6.09. The van der Waals surface area contributed by atoms with E-state index in [0.29, 0.717) is 31.0 Å². The Morgan fingerprint density at radius 3 is 2.62 bits per heavy atom. The van der Waals surface area contributed by atoms with Gasteiger partial charge >= 0.3 is 6.18 Å². The lowest BCUT2D eigenvalue weighted by molar-refractivity contribution is -0.153. The molecule has 2 N–H and O–H groups in total. The lowest BCUT2D eigenvalue weighted by atomic mass is 10.1. The molecule has 0 radical (unpaired) electrons. The topological polar surface area (TPSA) is 79.8 Å². The molecule has 0 bridgehead atoms. The summed E-state index contributed by atoms with van der Waals surface area (Å²) >= 11 is 0. The van der Waals surface area contributed by atoms with Crippen LogP contribution in [0.5, 0.6) is 5.75 Å². The summed E-state index contributed by atoms with van der Waals surface area (Å²) in [5.41, 5.74) is 1.33. The van der Waals surface area contributed by atoms with Gasteiger partial charge in [-0.15, -0.1) is 24.0 Å².